The molecule has 0 aliphatic rings. The van der Waals surface area contributed by atoms with Crippen molar-refractivity contribution in [2.45, 2.75) is 44.4 Å². The average Bonchev–Trinajstić information content (AvgIpc) is 2.44. The summed E-state index contributed by atoms with van der Waals surface area (Å²) < 4.78 is 27.6. The van der Waals surface area contributed by atoms with Crippen LogP contribution in [0.1, 0.15) is 38.2 Å². The van der Waals surface area contributed by atoms with E-state index < -0.39 is 10.0 Å². The van der Waals surface area contributed by atoms with Gasteiger partial charge in [0.2, 0.25) is 10.0 Å². The van der Waals surface area contributed by atoms with Crippen LogP contribution in [-0.4, -0.2) is 37.5 Å². The van der Waals surface area contributed by atoms with Crippen LogP contribution in [0.25, 0.3) is 0 Å². The number of rotatable bonds is 9. The lowest BCUT2D eigenvalue weighted by molar-refractivity contribution is 0.251. The molecule has 1 rings (SSSR count). The van der Waals surface area contributed by atoms with Gasteiger partial charge in [-0.25, -0.2) is 8.42 Å². The predicted molar refractivity (Wildman–Crippen MR) is 88.9 cm³/mol. The van der Waals surface area contributed by atoms with Gasteiger partial charge in [0.1, 0.15) is 0 Å². The van der Waals surface area contributed by atoms with Crippen LogP contribution < -0.4 is 0 Å². The van der Waals surface area contributed by atoms with E-state index in [9.17, 15) is 8.42 Å². The Labute approximate surface area is 136 Å². The highest BCUT2D eigenvalue weighted by molar-refractivity contribution is 9.10. The number of unbranched alkanes of at least 4 members (excludes halogenated alkanes) is 3. The Hall–Kier alpha value is -0.430. The average molecular weight is 378 g/mol. The van der Waals surface area contributed by atoms with Gasteiger partial charge in [-0.15, -0.1) is 0 Å². The molecule has 0 saturated carbocycles. The molecule has 0 spiro atoms. The molecule has 0 atom stereocenters. The summed E-state index contributed by atoms with van der Waals surface area (Å²) in [6, 6.07) is 5.23. The highest BCUT2D eigenvalue weighted by Crippen LogP contribution is 2.24. The number of hydrogen-bond donors (Lipinski definition) is 1. The van der Waals surface area contributed by atoms with Crippen LogP contribution in [0.15, 0.2) is 27.6 Å². The molecular weight excluding hydrogens is 354 g/mol. The van der Waals surface area contributed by atoms with Crippen LogP contribution in [0.2, 0.25) is 0 Å². The Morgan fingerprint density at radius 2 is 1.90 bits per heavy atom. The fourth-order valence-corrected chi connectivity index (χ4v) is 4.40. The van der Waals surface area contributed by atoms with Gasteiger partial charge in [-0.2, -0.15) is 4.31 Å². The second kappa shape index (κ2) is 8.88. The molecule has 0 heterocycles. The quantitative estimate of drug-likeness (QED) is 0.671. The summed E-state index contributed by atoms with van der Waals surface area (Å²) in [7, 11) is -3.56. The molecule has 1 aromatic carbocycles. The van der Waals surface area contributed by atoms with Gasteiger partial charge in [-0.3, -0.25) is 0 Å². The summed E-state index contributed by atoms with van der Waals surface area (Å²) in [5, 5.41) is 9.16. The molecule has 120 valence electrons. The summed E-state index contributed by atoms with van der Waals surface area (Å²) in [5.74, 6) is 0. The summed E-state index contributed by atoms with van der Waals surface area (Å²) >= 11 is 3.32. The molecule has 0 fully saturated rings. The number of aliphatic hydroxyl groups is 1. The molecule has 21 heavy (non-hydrogen) atoms. The second-order valence-corrected chi connectivity index (χ2v) is 7.92. The first-order valence-electron chi connectivity index (χ1n) is 7.30. The number of benzene rings is 1. The van der Waals surface area contributed by atoms with Crippen LogP contribution in [0, 0.1) is 6.92 Å². The fraction of sp³-hybridized carbons (Fsp3) is 0.600. The summed E-state index contributed by atoms with van der Waals surface area (Å²) in [4.78, 5) is 0.306. The second-order valence-electron chi connectivity index (χ2n) is 5.10. The van der Waals surface area contributed by atoms with Gasteiger partial charge >= 0.3 is 0 Å². The standard InChI is InChI=1S/C15H24BrNO3S/c1-3-4-5-6-9-17(10-11-18)21(19,20)15-12-14(16)8-7-13(15)2/h7-8,12,18H,3-6,9-11H2,1-2H3. The third-order valence-electron chi connectivity index (χ3n) is 3.38. The van der Waals surface area contributed by atoms with Gasteiger partial charge in [0.05, 0.1) is 11.5 Å². The van der Waals surface area contributed by atoms with E-state index in [4.69, 9.17) is 5.11 Å². The molecular formula is C15H24BrNO3S. The van der Waals surface area contributed by atoms with E-state index in [2.05, 4.69) is 22.9 Å². The summed E-state index contributed by atoms with van der Waals surface area (Å²) in [5.41, 5.74) is 0.717. The van der Waals surface area contributed by atoms with E-state index >= 15 is 0 Å². The highest BCUT2D eigenvalue weighted by atomic mass is 79.9. The number of nitrogens with zero attached hydrogens (tertiary/aromatic N) is 1. The van der Waals surface area contributed by atoms with Crippen molar-refractivity contribution in [3.63, 3.8) is 0 Å². The van der Waals surface area contributed by atoms with Crippen LogP contribution >= 0.6 is 15.9 Å². The number of sulfonamides is 1. The minimum absolute atomic E-state index is 0.139. The van der Waals surface area contributed by atoms with Gasteiger partial charge < -0.3 is 5.11 Å². The minimum atomic E-state index is -3.56. The van der Waals surface area contributed by atoms with Gasteiger partial charge in [0.15, 0.2) is 0 Å². The lowest BCUT2D eigenvalue weighted by Gasteiger charge is -2.22. The van der Waals surface area contributed by atoms with Gasteiger partial charge in [0.25, 0.3) is 0 Å². The highest BCUT2D eigenvalue weighted by Gasteiger charge is 2.25. The SMILES string of the molecule is CCCCCCN(CCO)S(=O)(=O)c1cc(Br)ccc1C. The summed E-state index contributed by atoms with van der Waals surface area (Å²) in [6.07, 6.45) is 4.03. The fourth-order valence-electron chi connectivity index (χ4n) is 2.17. The molecule has 0 saturated heterocycles. The van der Waals surface area contributed by atoms with Crippen LogP contribution in [0.4, 0.5) is 0 Å². The zero-order valence-electron chi connectivity index (χ0n) is 12.7. The maximum atomic E-state index is 12.8. The lowest BCUT2D eigenvalue weighted by atomic mass is 10.2. The van der Waals surface area contributed by atoms with Crippen molar-refractivity contribution in [1.29, 1.82) is 0 Å². The van der Waals surface area contributed by atoms with Crippen LogP contribution in [0.5, 0.6) is 0 Å². The maximum Gasteiger partial charge on any atom is 0.243 e. The van der Waals surface area contributed by atoms with Crippen molar-refractivity contribution in [3.8, 4) is 0 Å². The number of halogens is 1. The van der Waals surface area contributed by atoms with E-state index in [1.165, 1.54) is 4.31 Å². The molecule has 0 aliphatic carbocycles. The molecule has 0 amide bonds. The predicted octanol–water partition coefficient (Wildman–Crippen LogP) is 3.32. The first kappa shape index (κ1) is 18.6. The molecule has 0 aliphatic heterocycles. The van der Waals surface area contributed by atoms with Crippen molar-refractivity contribution >= 4 is 26.0 Å². The lowest BCUT2D eigenvalue weighted by Crippen LogP contribution is -2.34. The summed E-state index contributed by atoms with van der Waals surface area (Å²) in [6.45, 7) is 4.33. The van der Waals surface area contributed by atoms with Crippen molar-refractivity contribution in [1.82, 2.24) is 4.31 Å². The van der Waals surface area contributed by atoms with Crippen LogP contribution in [-0.2, 0) is 10.0 Å². The Kier molecular flexibility index (Phi) is 7.87. The Bertz CT molecular complexity index is 546. The largest absolute Gasteiger partial charge is 0.395 e. The Balaban J connectivity index is 2.95. The number of aryl methyl sites for hydroxylation is 1. The molecule has 4 nitrogen and oxygen atoms in total. The van der Waals surface area contributed by atoms with Crippen molar-refractivity contribution < 1.29 is 13.5 Å². The van der Waals surface area contributed by atoms with Gasteiger partial charge in [-0.05, 0) is 31.0 Å². The molecule has 1 N–H and O–H groups in total. The zero-order chi connectivity index (χ0) is 15.9. The molecule has 0 bridgehead atoms. The number of hydrogen-bond acceptors (Lipinski definition) is 3. The molecule has 0 radical (unpaired) electrons. The van der Waals surface area contributed by atoms with Crippen molar-refractivity contribution in [2.24, 2.45) is 0 Å². The first-order chi connectivity index (χ1) is 9.93. The Morgan fingerprint density at radius 3 is 2.52 bits per heavy atom. The van der Waals surface area contributed by atoms with Gasteiger partial charge in [0, 0.05) is 17.6 Å². The van der Waals surface area contributed by atoms with E-state index in [-0.39, 0.29) is 13.2 Å². The maximum absolute atomic E-state index is 12.8. The molecule has 1 aromatic rings. The van der Waals surface area contributed by atoms with Crippen molar-refractivity contribution in [2.75, 3.05) is 19.7 Å². The third-order valence-corrected chi connectivity index (χ3v) is 5.91. The van der Waals surface area contributed by atoms with E-state index in [1.807, 2.05) is 6.07 Å². The molecule has 0 unspecified atom stereocenters. The normalized spacial score (nSPS) is 12.0. The topological polar surface area (TPSA) is 57.6 Å². The first-order valence-corrected chi connectivity index (χ1v) is 9.54. The van der Waals surface area contributed by atoms with Crippen molar-refractivity contribution in [3.05, 3.63) is 28.2 Å². The van der Waals surface area contributed by atoms with E-state index in [0.717, 1.165) is 35.7 Å². The zero-order valence-corrected chi connectivity index (χ0v) is 15.1. The smallest absolute Gasteiger partial charge is 0.243 e. The van der Waals surface area contributed by atoms with Gasteiger partial charge in [-0.1, -0.05) is 48.2 Å². The minimum Gasteiger partial charge on any atom is -0.395 e. The Morgan fingerprint density at radius 1 is 1.19 bits per heavy atom. The molecule has 6 heteroatoms. The van der Waals surface area contributed by atoms with E-state index in [0.29, 0.717) is 11.4 Å². The molecule has 0 aromatic heterocycles. The third kappa shape index (κ3) is 5.36. The van der Waals surface area contributed by atoms with E-state index in [1.54, 1.807) is 19.1 Å². The van der Waals surface area contributed by atoms with Crippen LogP contribution in [0.3, 0.4) is 0 Å². The number of aliphatic hydroxyl groups excluding tert-OH is 1. The monoisotopic (exact) mass is 377 g/mol.